The summed E-state index contributed by atoms with van der Waals surface area (Å²) in [5, 5.41) is 6.22. The Labute approximate surface area is 136 Å². The highest BCUT2D eigenvalue weighted by Gasteiger charge is 2.44. The van der Waals surface area contributed by atoms with Crippen molar-refractivity contribution in [3.63, 3.8) is 0 Å². The third-order valence-corrected chi connectivity index (χ3v) is 5.29. The van der Waals surface area contributed by atoms with E-state index in [9.17, 15) is 4.79 Å². The lowest BCUT2D eigenvalue weighted by atomic mass is 9.87. The van der Waals surface area contributed by atoms with Gasteiger partial charge in [-0.05, 0) is 31.0 Å². The maximum atomic E-state index is 12.0. The number of benzene rings is 1. The second kappa shape index (κ2) is 5.69. The van der Waals surface area contributed by atoms with Crippen molar-refractivity contribution in [2.45, 2.75) is 30.9 Å². The van der Waals surface area contributed by atoms with Crippen LogP contribution in [0.15, 0.2) is 18.2 Å². The normalized spacial score (nSPS) is 26.0. The summed E-state index contributed by atoms with van der Waals surface area (Å²) in [5.74, 6) is 2.01. The SMILES string of the molecule is COc1ccc2c(c1)CC(CN1CCC3(CC1)NCNC3=O)O2. The Morgan fingerprint density at radius 2 is 2.22 bits per heavy atom. The third kappa shape index (κ3) is 2.66. The third-order valence-electron chi connectivity index (χ3n) is 5.29. The number of hydrogen-bond acceptors (Lipinski definition) is 5. The number of nitrogens with zero attached hydrogens (tertiary/aromatic N) is 1. The molecule has 3 heterocycles. The molecule has 0 radical (unpaired) electrons. The number of carbonyl (C=O) groups excluding carboxylic acids is 1. The number of amides is 1. The van der Waals surface area contributed by atoms with Crippen LogP contribution in [0.2, 0.25) is 0 Å². The van der Waals surface area contributed by atoms with Crippen LogP contribution in [0.5, 0.6) is 11.5 Å². The first-order chi connectivity index (χ1) is 11.2. The van der Waals surface area contributed by atoms with Crippen molar-refractivity contribution in [2.24, 2.45) is 0 Å². The summed E-state index contributed by atoms with van der Waals surface area (Å²) in [6, 6.07) is 6.00. The number of likely N-dealkylation sites (tertiary alicyclic amines) is 1. The van der Waals surface area contributed by atoms with Crippen LogP contribution < -0.4 is 20.1 Å². The summed E-state index contributed by atoms with van der Waals surface area (Å²) in [6.07, 6.45) is 2.85. The highest BCUT2D eigenvalue weighted by Crippen LogP contribution is 2.33. The van der Waals surface area contributed by atoms with E-state index in [1.807, 2.05) is 12.1 Å². The first kappa shape index (κ1) is 14.8. The zero-order valence-corrected chi connectivity index (χ0v) is 13.4. The predicted molar refractivity (Wildman–Crippen MR) is 85.7 cm³/mol. The average Bonchev–Trinajstić information content (AvgIpc) is 3.12. The molecule has 1 atom stereocenters. The molecule has 1 spiro atoms. The minimum Gasteiger partial charge on any atom is -0.497 e. The fraction of sp³-hybridized carbons (Fsp3) is 0.588. The maximum absolute atomic E-state index is 12.0. The van der Waals surface area contributed by atoms with Crippen molar-refractivity contribution >= 4 is 5.91 Å². The van der Waals surface area contributed by atoms with Gasteiger partial charge in [-0.1, -0.05) is 0 Å². The monoisotopic (exact) mass is 317 g/mol. The van der Waals surface area contributed by atoms with Crippen molar-refractivity contribution in [3.05, 3.63) is 23.8 Å². The summed E-state index contributed by atoms with van der Waals surface area (Å²) in [6.45, 7) is 3.37. The van der Waals surface area contributed by atoms with Crippen molar-refractivity contribution in [3.8, 4) is 11.5 Å². The molecule has 1 aromatic carbocycles. The predicted octanol–water partition coefficient (Wildman–Crippen LogP) is 0.510. The molecule has 0 aliphatic carbocycles. The molecule has 3 aliphatic heterocycles. The van der Waals surface area contributed by atoms with Crippen LogP contribution in [0.25, 0.3) is 0 Å². The molecule has 6 heteroatoms. The number of piperidine rings is 1. The topological polar surface area (TPSA) is 62.8 Å². The fourth-order valence-electron chi connectivity index (χ4n) is 3.88. The smallest absolute Gasteiger partial charge is 0.241 e. The number of rotatable bonds is 3. The summed E-state index contributed by atoms with van der Waals surface area (Å²) in [5.41, 5.74) is 0.892. The summed E-state index contributed by atoms with van der Waals surface area (Å²) in [4.78, 5) is 14.4. The second-order valence-electron chi connectivity index (χ2n) is 6.66. The van der Waals surface area contributed by atoms with Crippen molar-refractivity contribution < 1.29 is 14.3 Å². The number of hydrogen-bond donors (Lipinski definition) is 2. The first-order valence-corrected chi connectivity index (χ1v) is 8.28. The van der Waals surface area contributed by atoms with Gasteiger partial charge in [-0.25, -0.2) is 0 Å². The Bertz CT molecular complexity index is 611. The number of nitrogens with one attached hydrogen (secondary N) is 2. The zero-order chi connectivity index (χ0) is 15.9. The molecule has 1 unspecified atom stereocenters. The largest absolute Gasteiger partial charge is 0.497 e. The van der Waals surface area contributed by atoms with E-state index in [2.05, 4.69) is 21.6 Å². The summed E-state index contributed by atoms with van der Waals surface area (Å²) < 4.78 is 11.3. The standard InChI is InChI=1S/C17H23N3O3/c1-22-13-2-3-15-12(8-13)9-14(23-15)10-20-6-4-17(5-7-20)16(21)18-11-19-17/h2-3,8,14,19H,4-7,9-11H2,1H3,(H,18,21). The Morgan fingerprint density at radius 3 is 2.91 bits per heavy atom. The van der Waals surface area contributed by atoms with Crippen LogP contribution in [0.1, 0.15) is 18.4 Å². The van der Waals surface area contributed by atoms with Gasteiger partial charge < -0.3 is 14.8 Å². The van der Waals surface area contributed by atoms with Gasteiger partial charge in [0.2, 0.25) is 5.91 Å². The lowest BCUT2D eigenvalue weighted by Gasteiger charge is -2.38. The van der Waals surface area contributed by atoms with Gasteiger partial charge in [0.05, 0.1) is 13.8 Å². The van der Waals surface area contributed by atoms with E-state index in [4.69, 9.17) is 9.47 Å². The molecule has 0 saturated carbocycles. The number of ether oxygens (including phenoxy) is 2. The molecule has 2 N–H and O–H groups in total. The van der Waals surface area contributed by atoms with Gasteiger partial charge in [-0.3, -0.25) is 15.0 Å². The minimum absolute atomic E-state index is 0.161. The van der Waals surface area contributed by atoms with Crippen LogP contribution >= 0.6 is 0 Å². The van der Waals surface area contributed by atoms with E-state index in [-0.39, 0.29) is 17.6 Å². The van der Waals surface area contributed by atoms with Gasteiger partial charge in [0, 0.05) is 31.6 Å². The summed E-state index contributed by atoms with van der Waals surface area (Å²) >= 11 is 0. The first-order valence-electron chi connectivity index (χ1n) is 8.28. The molecule has 1 amide bonds. The van der Waals surface area contributed by atoms with Crippen molar-refractivity contribution in [1.29, 1.82) is 0 Å². The summed E-state index contributed by atoms with van der Waals surface area (Å²) in [7, 11) is 1.69. The van der Waals surface area contributed by atoms with Crippen LogP contribution in [-0.2, 0) is 11.2 Å². The number of methoxy groups -OCH3 is 1. The Kier molecular flexibility index (Phi) is 3.66. The lowest BCUT2D eigenvalue weighted by Crippen LogP contribution is -2.55. The van der Waals surface area contributed by atoms with E-state index in [1.165, 1.54) is 5.56 Å². The van der Waals surface area contributed by atoms with Crippen molar-refractivity contribution in [1.82, 2.24) is 15.5 Å². The molecule has 124 valence electrons. The quantitative estimate of drug-likeness (QED) is 0.850. The molecule has 23 heavy (non-hydrogen) atoms. The zero-order valence-electron chi connectivity index (χ0n) is 13.4. The van der Waals surface area contributed by atoms with Crippen LogP contribution in [0.4, 0.5) is 0 Å². The Balaban J connectivity index is 1.33. The van der Waals surface area contributed by atoms with Crippen molar-refractivity contribution in [2.75, 3.05) is 33.4 Å². The lowest BCUT2D eigenvalue weighted by molar-refractivity contribution is -0.125. The highest BCUT2D eigenvalue weighted by atomic mass is 16.5. The van der Waals surface area contributed by atoms with Gasteiger partial charge in [0.25, 0.3) is 0 Å². The number of carbonyl (C=O) groups is 1. The molecule has 0 aromatic heterocycles. The Morgan fingerprint density at radius 1 is 1.39 bits per heavy atom. The highest BCUT2D eigenvalue weighted by molar-refractivity contribution is 5.88. The van der Waals surface area contributed by atoms with Crippen LogP contribution in [0.3, 0.4) is 0 Å². The van der Waals surface area contributed by atoms with E-state index in [0.717, 1.165) is 50.4 Å². The van der Waals surface area contributed by atoms with Gasteiger partial charge in [0.15, 0.2) is 0 Å². The van der Waals surface area contributed by atoms with Gasteiger partial charge >= 0.3 is 0 Å². The fourth-order valence-corrected chi connectivity index (χ4v) is 3.88. The number of fused-ring (bicyclic) bond motifs is 1. The van der Waals surface area contributed by atoms with Gasteiger partial charge in [-0.2, -0.15) is 0 Å². The minimum atomic E-state index is -0.330. The van der Waals surface area contributed by atoms with Gasteiger partial charge in [0.1, 0.15) is 23.1 Å². The molecule has 0 bridgehead atoms. The second-order valence-corrected chi connectivity index (χ2v) is 6.66. The van der Waals surface area contributed by atoms with E-state index in [1.54, 1.807) is 7.11 Å². The average molecular weight is 317 g/mol. The Hall–Kier alpha value is -1.79. The molecule has 2 fully saturated rings. The molecule has 3 aliphatic rings. The van der Waals surface area contributed by atoms with Gasteiger partial charge in [-0.15, -0.1) is 0 Å². The van der Waals surface area contributed by atoms with Crippen LogP contribution in [0, 0.1) is 0 Å². The molecular formula is C17H23N3O3. The molecule has 6 nitrogen and oxygen atoms in total. The molecule has 4 rings (SSSR count). The molecular weight excluding hydrogens is 294 g/mol. The molecule has 1 aromatic rings. The molecule has 2 saturated heterocycles. The van der Waals surface area contributed by atoms with E-state index in [0.29, 0.717) is 6.67 Å². The van der Waals surface area contributed by atoms with E-state index >= 15 is 0 Å². The van der Waals surface area contributed by atoms with Crippen LogP contribution in [-0.4, -0.2) is 55.9 Å². The maximum Gasteiger partial charge on any atom is 0.241 e. The van der Waals surface area contributed by atoms with E-state index < -0.39 is 0 Å².